The molecule has 0 saturated heterocycles. The van der Waals surface area contributed by atoms with Gasteiger partial charge in [-0.25, -0.2) is 0 Å². The van der Waals surface area contributed by atoms with Crippen molar-refractivity contribution in [2.75, 3.05) is 6.61 Å². The molecule has 1 aliphatic heterocycles. The fourth-order valence-corrected chi connectivity index (χ4v) is 2.15. The van der Waals surface area contributed by atoms with Crippen LogP contribution >= 0.6 is 15.9 Å². The van der Waals surface area contributed by atoms with Crippen LogP contribution < -0.4 is 4.74 Å². The lowest BCUT2D eigenvalue weighted by Crippen LogP contribution is -1.96. The van der Waals surface area contributed by atoms with E-state index < -0.39 is 16.4 Å². The zero-order valence-electron chi connectivity index (χ0n) is 6.92. The molecule has 0 saturated carbocycles. The molecule has 0 atom stereocenters. The third-order valence-corrected chi connectivity index (χ3v) is 2.90. The molecule has 0 fully saturated rings. The van der Waals surface area contributed by atoms with Gasteiger partial charge < -0.3 is 4.74 Å². The lowest BCUT2D eigenvalue weighted by Gasteiger charge is -2.02. The number of nitro benzene ring substituents is 1. The third kappa shape index (κ3) is 1.26. The van der Waals surface area contributed by atoms with Crippen molar-refractivity contribution < 1.29 is 14.1 Å². The van der Waals surface area contributed by atoms with E-state index in [0.717, 1.165) is 6.07 Å². The largest absolute Gasteiger partial charge is 0.493 e. The molecule has 14 heavy (non-hydrogen) atoms. The Morgan fingerprint density at radius 1 is 1.64 bits per heavy atom. The Hall–Kier alpha value is -1.17. The van der Waals surface area contributed by atoms with E-state index in [1.54, 1.807) is 0 Å². The first-order valence-corrected chi connectivity index (χ1v) is 4.68. The molecule has 0 aliphatic carbocycles. The Labute approximate surface area is 87.0 Å². The maximum absolute atomic E-state index is 13.2. The van der Waals surface area contributed by atoms with Crippen LogP contribution in [-0.4, -0.2) is 11.5 Å². The smallest absolute Gasteiger partial charge is 0.319 e. The molecule has 0 unspecified atom stereocenters. The predicted octanol–water partition coefficient (Wildman–Crippen LogP) is 2.43. The summed E-state index contributed by atoms with van der Waals surface area (Å²) < 4.78 is 18.5. The number of hydrogen-bond acceptors (Lipinski definition) is 3. The SMILES string of the molecule is O=[N+]([O-])c1c(F)cc2c(c1Br)CCO2. The molecule has 0 radical (unpaired) electrons. The molecule has 1 heterocycles. The van der Waals surface area contributed by atoms with Gasteiger partial charge in [-0.15, -0.1) is 0 Å². The molecule has 6 heteroatoms. The number of nitro groups is 1. The first kappa shape index (κ1) is 9.39. The van der Waals surface area contributed by atoms with E-state index in [9.17, 15) is 14.5 Å². The molecule has 0 aromatic heterocycles. The van der Waals surface area contributed by atoms with Crippen molar-refractivity contribution in [3.05, 3.63) is 32.0 Å². The molecule has 0 spiro atoms. The minimum atomic E-state index is -0.873. The lowest BCUT2D eigenvalue weighted by molar-refractivity contribution is -0.388. The summed E-state index contributed by atoms with van der Waals surface area (Å²) >= 11 is 3.02. The Morgan fingerprint density at radius 3 is 3.00 bits per heavy atom. The fraction of sp³-hybridized carbons (Fsp3) is 0.250. The number of halogens is 2. The Morgan fingerprint density at radius 2 is 2.36 bits per heavy atom. The first-order valence-electron chi connectivity index (χ1n) is 3.89. The Bertz CT molecular complexity index is 422. The van der Waals surface area contributed by atoms with Gasteiger partial charge in [-0.05, 0) is 15.9 Å². The van der Waals surface area contributed by atoms with E-state index in [0.29, 0.717) is 24.3 Å². The second-order valence-electron chi connectivity index (χ2n) is 2.85. The molecule has 4 nitrogen and oxygen atoms in total. The molecular weight excluding hydrogens is 257 g/mol. The summed E-state index contributed by atoms with van der Waals surface area (Å²) in [6.07, 6.45) is 0.567. The predicted molar refractivity (Wildman–Crippen MR) is 50.0 cm³/mol. The quantitative estimate of drug-likeness (QED) is 0.576. The second-order valence-corrected chi connectivity index (χ2v) is 3.65. The van der Waals surface area contributed by atoms with E-state index in [1.165, 1.54) is 0 Å². The molecule has 74 valence electrons. The molecule has 1 aromatic rings. The summed E-state index contributed by atoms with van der Waals surface area (Å²) in [5, 5.41) is 10.5. The highest BCUT2D eigenvalue weighted by atomic mass is 79.9. The number of nitrogens with zero attached hydrogens (tertiary/aromatic N) is 1. The van der Waals surface area contributed by atoms with Gasteiger partial charge in [0.15, 0.2) is 0 Å². The second kappa shape index (κ2) is 3.20. The summed E-state index contributed by atoms with van der Waals surface area (Å²) in [6, 6.07) is 1.06. The summed E-state index contributed by atoms with van der Waals surface area (Å²) in [5.74, 6) is -0.484. The topological polar surface area (TPSA) is 52.4 Å². The highest BCUT2D eigenvalue weighted by Crippen LogP contribution is 2.39. The zero-order chi connectivity index (χ0) is 10.3. The van der Waals surface area contributed by atoms with E-state index in [-0.39, 0.29) is 4.47 Å². The normalized spacial score (nSPS) is 13.6. The third-order valence-electron chi connectivity index (χ3n) is 2.05. The van der Waals surface area contributed by atoms with Crippen molar-refractivity contribution >= 4 is 21.6 Å². The van der Waals surface area contributed by atoms with Crippen LogP contribution in [0.25, 0.3) is 0 Å². The number of ether oxygens (including phenoxy) is 1. The van der Waals surface area contributed by atoms with Crippen molar-refractivity contribution in [2.24, 2.45) is 0 Å². The van der Waals surface area contributed by atoms with Crippen LogP contribution in [0.5, 0.6) is 5.75 Å². The van der Waals surface area contributed by atoms with Gasteiger partial charge in [0.1, 0.15) is 10.2 Å². The van der Waals surface area contributed by atoms with Gasteiger partial charge in [-0.2, -0.15) is 4.39 Å². The molecule has 0 amide bonds. The fourth-order valence-electron chi connectivity index (χ4n) is 1.42. The number of benzene rings is 1. The average molecular weight is 262 g/mol. The molecule has 0 N–H and O–H groups in total. The highest BCUT2D eigenvalue weighted by Gasteiger charge is 2.28. The van der Waals surface area contributed by atoms with E-state index >= 15 is 0 Å². The van der Waals surface area contributed by atoms with Gasteiger partial charge in [0.25, 0.3) is 0 Å². The molecule has 1 aromatic carbocycles. The van der Waals surface area contributed by atoms with Crippen molar-refractivity contribution in [1.82, 2.24) is 0 Å². The van der Waals surface area contributed by atoms with Crippen LogP contribution in [-0.2, 0) is 6.42 Å². The summed E-state index contributed by atoms with van der Waals surface area (Å²) in [6.45, 7) is 0.439. The highest BCUT2D eigenvalue weighted by molar-refractivity contribution is 9.10. The van der Waals surface area contributed by atoms with E-state index in [2.05, 4.69) is 15.9 Å². The lowest BCUT2D eigenvalue weighted by atomic mass is 10.1. The first-order chi connectivity index (χ1) is 6.61. The van der Waals surface area contributed by atoms with E-state index in [4.69, 9.17) is 4.74 Å². The van der Waals surface area contributed by atoms with Gasteiger partial charge in [0.2, 0.25) is 5.82 Å². The van der Waals surface area contributed by atoms with Gasteiger partial charge in [0, 0.05) is 18.1 Å². The van der Waals surface area contributed by atoms with Crippen molar-refractivity contribution in [3.8, 4) is 5.75 Å². The van der Waals surface area contributed by atoms with Crippen LogP contribution in [0.15, 0.2) is 10.5 Å². The number of fused-ring (bicyclic) bond motifs is 1. The van der Waals surface area contributed by atoms with Crippen molar-refractivity contribution in [2.45, 2.75) is 6.42 Å². The van der Waals surface area contributed by atoms with Gasteiger partial charge in [-0.1, -0.05) is 0 Å². The van der Waals surface area contributed by atoms with Crippen molar-refractivity contribution in [3.63, 3.8) is 0 Å². The Balaban J connectivity index is 2.68. The van der Waals surface area contributed by atoms with Crippen LogP contribution in [0.2, 0.25) is 0 Å². The molecule has 2 rings (SSSR count). The van der Waals surface area contributed by atoms with Gasteiger partial charge in [-0.3, -0.25) is 10.1 Å². The number of hydrogen-bond donors (Lipinski definition) is 0. The van der Waals surface area contributed by atoms with Crippen LogP contribution in [0, 0.1) is 15.9 Å². The maximum atomic E-state index is 13.2. The standard InChI is InChI=1S/C8H5BrFNO3/c9-7-4-1-2-14-6(4)3-5(10)8(7)11(12)13/h3H,1-2H2. The van der Waals surface area contributed by atoms with Gasteiger partial charge in [0.05, 0.1) is 11.5 Å². The average Bonchev–Trinajstić information content (AvgIpc) is 2.50. The van der Waals surface area contributed by atoms with Gasteiger partial charge >= 0.3 is 5.69 Å². The zero-order valence-corrected chi connectivity index (χ0v) is 8.51. The minimum Gasteiger partial charge on any atom is -0.493 e. The maximum Gasteiger partial charge on any atom is 0.319 e. The molecular formula is C8H5BrFNO3. The van der Waals surface area contributed by atoms with Crippen molar-refractivity contribution in [1.29, 1.82) is 0 Å². The van der Waals surface area contributed by atoms with E-state index in [1.807, 2.05) is 0 Å². The Kier molecular flexibility index (Phi) is 2.14. The van der Waals surface area contributed by atoms with Crippen LogP contribution in [0.4, 0.5) is 10.1 Å². The monoisotopic (exact) mass is 261 g/mol. The van der Waals surface area contributed by atoms with Crippen LogP contribution in [0.1, 0.15) is 5.56 Å². The van der Waals surface area contributed by atoms with Crippen LogP contribution in [0.3, 0.4) is 0 Å². The molecule has 1 aliphatic rings. The minimum absolute atomic E-state index is 0.190. The molecule has 0 bridgehead atoms. The number of rotatable bonds is 1. The summed E-state index contributed by atoms with van der Waals surface area (Å²) in [5.41, 5.74) is 0.146. The summed E-state index contributed by atoms with van der Waals surface area (Å²) in [4.78, 5) is 9.80. The summed E-state index contributed by atoms with van der Waals surface area (Å²) in [7, 11) is 0.